The summed E-state index contributed by atoms with van der Waals surface area (Å²) < 4.78 is 2.38. The lowest BCUT2D eigenvalue weighted by atomic mass is 9.78. The summed E-state index contributed by atoms with van der Waals surface area (Å²) in [5.41, 5.74) is 6.26. The maximum absolute atomic E-state index is 5.79. The van der Waals surface area contributed by atoms with Crippen molar-refractivity contribution in [1.29, 1.82) is 0 Å². The fraction of sp³-hybridized carbons (Fsp3) is 1.00. The van der Waals surface area contributed by atoms with Gasteiger partial charge in [0, 0.05) is 43.2 Å². The summed E-state index contributed by atoms with van der Waals surface area (Å²) in [5, 5.41) is 3.84. The van der Waals surface area contributed by atoms with Crippen molar-refractivity contribution in [2.24, 2.45) is 5.73 Å². The lowest BCUT2D eigenvalue weighted by Crippen LogP contribution is -2.65. The normalized spacial score (nSPS) is 22.6. The first-order valence-corrected chi connectivity index (χ1v) is 11.5. The fourth-order valence-electron chi connectivity index (χ4n) is 5.31. The number of hydrogen-bond acceptors (Lipinski definition) is 2. The number of unbranched alkanes of at least 4 members (excludes halogenated alkanes) is 2. The highest BCUT2D eigenvalue weighted by molar-refractivity contribution is 4.97. The zero-order valence-electron chi connectivity index (χ0n) is 20.0. The number of quaternary nitrogens is 2. The summed E-state index contributed by atoms with van der Waals surface area (Å²) in [6, 6.07) is 0.745. The molecule has 0 saturated carbocycles. The zero-order chi connectivity index (χ0) is 20.8. The molecule has 1 fully saturated rings. The van der Waals surface area contributed by atoms with E-state index in [-0.39, 0.29) is 11.1 Å². The second-order valence-corrected chi connectivity index (χ2v) is 11.5. The van der Waals surface area contributed by atoms with Gasteiger partial charge in [-0.15, -0.1) is 0 Å². The van der Waals surface area contributed by atoms with Crippen LogP contribution in [0.4, 0.5) is 0 Å². The van der Waals surface area contributed by atoms with Gasteiger partial charge in [0.05, 0.1) is 53.4 Å². The van der Waals surface area contributed by atoms with E-state index in [0.29, 0.717) is 0 Å². The van der Waals surface area contributed by atoms with Crippen LogP contribution in [0.25, 0.3) is 0 Å². The van der Waals surface area contributed by atoms with Crippen LogP contribution >= 0.6 is 0 Å². The molecule has 1 aliphatic rings. The lowest BCUT2D eigenvalue weighted by molar-refractivity contribution is -0.921. The first kappa shape index (κ1) is 24.9. The van der Waals surface area contributed by atoms with Crippen molar-refractivity contribution in [1.82, 2.24) is 5.32 Å². The summed E-state index contributed by atoms with van der Waals surface area (Å²) >= 11 is 0. The van der Waals surface area contributed by atoms with Crippen LogP contribution in [0.2, 0.25) is 0 Å². The minimum atomic E-state index is 0.236. The highest BCUT2D eigenvalue weighted by Gasteiger charge is 2.44. The molecule has 0 aromatic rings. The lowest BCUT2D eigenvalue weighted by Gasteiger charge is -2.51. The Balaban J connectivity index is 2.55. The Bertz CT molecular complexity index is 404. The highest BCUT2D eigenvalue weighted by Crippen LogP contribution is 2.33. The van der Waals surface area contributed by atoms with Crippen molar-refractivity contribution in [2.45, 2.75) is 96.7 Å². The molecule has 162 valence electrons. The highest BCUT2D eigenvalue weighted by atomic mass is 15.3. The van der Waals surface area contributed by atoms with Gasteiger partial charge in [-0.25, -0.2) is 0 Å². The van der Waals surface area contributed by atoms with Crippen LogP contribution in [-0.4, -0.2) is 80.0 Å². The monoisotopic (exact) mass is 384 g/mol. The molecule has 0 aliphatic carbocycles. The van der Waals surface area contributed by atoms with E-state index in [1.54, 1.807) is 0 Å². The second-order valence-electron chi connectivity index (χ2n) is 11.5. The second kappa shape index (κ2) is 10.0. The number of nitrogens with one attached hydrogen (secondary N) is 1. The van der Waals surface area contributed by atoms with Crippen LogP contribution < -0.4 is 11.1 Å². The first-order valence-electron chi connectivity index (χ1n) is 11.5. The van der Waals surface area contributed by atoms with Crippen LogP contribution in [0.5, 0.6) is 0 Å². The van der Waals surface area contributed by atoms with Gasteiger partial charge in [-0.3, -0.25) is 0 Å². The van der Waals surface area contributed by atoms with E-state index >= 15 is 0 Å². The van der Waals surface area contributed by atoms with Crippen LogP contribution in [0.3, 0.4) is 0 Å². The molecule has 1 atom stereocenters. The Morgan fingerprint density at radius 3 is 1.81 bits per heavy atom. The predicted molar refractivity (Wildman–Crippen MR) is 120 cm³/mol. The molecule has 0 amide bonds. The van der Waals surface area contributed by atoms with Gasteiger partial charge in [0.25, 0.3) is 0 Å². The van der Waals surface area contributed by atoms with Gasteiger partial charge < -0.3 is 20.0 Å². The van der Waals surface area contributed by atoms with E-state index < -0.39 is 0 Å². The average Bonchev–Trinajstić information content (AvgIpc) is 2.52. The molecule has 1 aliphatic heterocycles. The minimum Gasteiger partial charge on any atom is -0.330 e. The Kier molecular flexibility index (Phi) is 9.26. The van der Waals surface area contributed by atoms with Crippen molar-refractivity contribution in [3.63, 3.8) is 0 Å². The molecule has 4 nitrogen and oxygen atoms in total. The average molecular weight is 385 g/mol. The van der Waals surface area contributed by atoms with E-state index in [0.717, 1.165) is 23.5 Å². The number of piperidine rings is 1. The molecule has 3 N–H and O–H groups in total. The van der Waals surface area contributed by atoms with E-state index in [1.165, 1.54) is 69.2 Å². The summed E-state index contributed by atoms with van der Waals surface area (Å²) in [7, 11) is 7.37. The smallest absolute Gasteiger partial charge is 0.0921 e. The third kappa shape index (κ3) is 8.81. The zero-order valence-corrected chi connectivity index (χ0v) is 20.0. The fourth-order valence-corrected chi connectivity index (χ4v) is 5.31. The van der Waals surface area contributed by atoms with Crippen molar-refractivity contribution < 1.29 is 8.97 Å². The quantitative estimate of drug-likeness (QED) is 0.397. The Labute approximate surface area is 171 Å². The van der Waals surface area contributed by atoms with Crippen molar-refractivity contribution in [3.05, 3.63) is 0 Å². The molecule has 0 radical (unpaired) electrons. The largest absolute Gasteiger partial charge is 0.330 e. The van der Waals surface area contributed by atoms with Gasteiger partial charge in [-0.05, 0) is 40.7 Å². The van der Waals surface area contributed by atoms with Gasteiger partial charge in [0.1, 0.15) is 0 Å². The number of rotatable bonds is 12. The van der Waals surface area contributed by atoms with E-state index in [1.807, 2.05) is 0 Å². The molecule has 0 spiro atoms. The van der Waals surface area contributed by atoms with E-state index in [9.17, 15) is 0 Å². The van der Waals surface area contributed by atoms with Gasteiger partial charge in [0.2, 0.25) is 0 Å². The third-order valence-corrected chi connectivity index (χ3v) is 6.79. The summed E-state index contributed by atoms with van der Waals surface area (Å²) in [5.74, 6) is 0. The van der Waals surface area contributed by atoms with Gasteiger partial charge in [0.15, 0.2) is 0 Å². The summed E-state index contributed by atoms with van der Waals surface area (Å²) in [6.07, 6.45) is 8.99. The Morgan fingerprint density at radius 2 is 1.30 bits per heavy atom. The first-order chi connectivity index (χ1) is 12.3. The molecule has 27 heavy (non-hydrogen) atoms. The van der Waals surface area contributed by atoms with E-state index in [4.69, 9.17) is 5.73 Å². The maximum Gasteiger partial charge on any atom is 0.0921 e. The predicted octanol–water partition coefficient (Wildman–Crippen LogP) is 3.75. The molecular formula is C23H52N4+2. The van der Waals surface area contributed by atoms with Crippen molar-refractivity contribution >= 4 is 0 Å². The molecular weight excluding hydrogens is 332 g/mol. The molecule has 1 heterocycles. The number of nitrogens with two attached hydrogens (primary N) is 1. The van der Waals surface area contributed by atoms with Crippen molar-refractivity contribution in [3.8, 4) is 0 Å². The van der Waals surface area contributed by atoms with Crippen LogP contribution in [0.1, 0.15) is 79.6 Å². The number of nitrogens with zero attached hydrogens (tertiary/aromatic N) is 2. The summed E-state index contributed by atoms with van der Waals surface area (Å²) in [6.45, 7) is 17.8. The third-order valence-electron chi connectivity index (χ3n) is 6.79. The molecule has 0 aromatic heterocycles. The topological polar surface area (TPSA) is 38.0 Å². The molecule has 4 heteroatoms. The minimum absolute atomic E-state index is 0.236. The van der Waals surface area contributed by atoms with E-state index in [2.05, 4.69) is 61.1 Å². The SMILES string of the molecule is CCCC[N+](C)(CCCN)CCCC[N+](C)(C)C1CC(C)(C)NC(C)(C)C1. The van der Waals surface area contributed by atoms with Crippen LogP contribution in [-0.2, 0) is 0 Å². The number of hydrogen-bond donors (Lipinski definition) is 2. The van der Waals surface area contributed by atoms with Crippen molar-refractivity contribution in [2.75, 3.05) is 53.9 Å². The van der Waals surface area contributed by atoms with Gasteiger partial charge >= 0.3 is 0 Å². The molecule has 1 saturated heterocycles. The van der Waals surface area contributed by atoms with Gasteiger partial charge in [-0.1, -0.05) is 13.3 Å². The standard InChI is InChI=1S/C23H52N4/c1-9-10-16-27(8,18-13-14-24)17-12-11-15-26(6,7)21-19-22(2,3)25-23(4,5)20-21/h21,25H,9-20,24H2,1-8H3/q+2. The van der Waals surface area contributed by atoms with Crippen LogP contribution in [0.15, 0.2) is 0 Å². The Morgan fingerprint density at radius 1 is 0.815 bits per heavy atom. The van der Waals surface area contributed by atoms with Crippen LogP contribution in [0, 0.1) is 0 Å². The summed E-state index contributed by atoms with van der Waals surface area (Å²) in [4.78, 5) is 0. The molecule has 0 aromatic carbocycles. The molecule has 1 unspecified atom stereocenters. The maximum atomic E-state index is 5.79. The molecule has 1 rings (SSSR count). The van der Waals surface area contributed by atoms with Gasteiger partial charge in [-0.2, -0.15) is 0 Å². The Hall–Kier alpha value is -0.160. The molecule has 0 bridgehead atoms.